The van der Waals surface area contributed by atoms with E-state index >= 15 is 0 Å². The van der Waals surface area contributed by atoms with Crippen molar-refractivity contribution in [1.29, 1.82) is 0 Å². The summed E-state index contributed by atoms with van der Waals surface area (Å²) in [5.74, 6) is 1.65. The third kappa shape index (κ3) is 3.30. The van der Waals surface area contributed by atoms with E-state index in [1.54, 1.807) is 30.2 Å². The number of benzene rings is 1. The first kappa shape index (κ1) is 17.6. The van der Waals surface area contributed by atoms with Gasteiger partial charge in [0.15, 0.2) is 6.10 Å². The standard InChI is InChI=1S/C17H19F3N2O3/c1-10-8-14(22-6-7-25-13(9-22)17(18,19)20)21-16-12(24-3)5-4-11(23-2)15(10)16/h4-5,8,13H,6-7,9H2,1-3H3/t13-/m0/s1. The van der Waals surface area contributed by atoms with Gasteiger partial charge in [-0.1, -0.05) is 0 Å². The SMILES string of the molecule is COc1ccc(OC)c2c(C)cc(N3CCO[C@H](C(F)(F)F)C3)nc12. The average Bonchev–Trinajstić information content (AvgIpc) is 2.60. The van der Waals surface area contributed by atoms with E-state index in [0.29, 0.717) is 29.4 Å². The molecule has 25 heavy (non-hydrogen) atoms. The second-order valence-corrected chi connectivity index (χ2v) is 5.84. The zero-order valence-corrected chi connectivity index (χ0v) is 14.2. The molecule has 5 nitrogen and oxygen atoms in total. The number of halogens is 3. The summed E-state index contributed by atoms with van der Waals surface area (Å²) in [5, 5.41) is 0.784. The Morgan fingerprint density at radius 1 is 1.20 bits per heavy atom. The lowest BCUT2D eigenvalue weighted by atomic mass is 10.1. The second kappa shape index (κ2) is 6.59. The minimum absolute atomic E-state index is 0.00180. The lowest BCUT2D eigenvalue weighted by Crippen LogP contribution is -2.49. The Kier molecular flexibility index (Phi) is 4.64. The molecule has 1 aromatic carbocycles. The molecule has 0 amide bonds. The molecule has 0 radical (unpaired) electrons. The molecule has 1 atom stereocenters. The number of aryl methyl sites for hydroxylation is 1. The highest BCUT2D eigenvalue weighted by molar-refractivity contribution is 5.94. The van der Waals surface area contributed by atoms with Gasteiger partial charge in [-0.2, -0.15) is 13.2 Å². The lowest BCUT2D eigenvalue weighted by molar-refractivity contribution is -0.221. The minimum atomic E-state index is -4.40. The van der Waals surface area contributed by atoms with Gasteiger partial charge in [-0.25, -0.2) is 4.98 Å². The van der Waals surface area contributed by atoms with E-state index in [0.717, 1.165) is 10.9 Å². The summed E-state index contributed by atoms with van der Waals surface area (Å²) in [6.07, 6.45) is -6.21. The molecule has 0 saturated carbocycles. The molecule has 1 aromatic heterocycles. The van der Waals surface area contributed by atoms with Crippen LogP contribution in [0.25, 0.3) is 10.9 Å². The molecular weight excluding hydrogens is 337 g/mol. The maximum atomic E-state index is 13.0. The number of fused-ring (bicyclic) bond motifs is 1. The maximum Gasteiger partial charge on any atom is 0.416 e. The van der Waals surface area contributed by atoms with Crippen LogP contribution in [0, 0.1) is 6.92 Å². The highest BCUT2D eigenvalue weighted by Gasteiger charge is 2.43. The van der Waals surface area contributed by atoms with Gasteiger partial charge in [-0.15, -0.1) is 0 Å². The second-order valence-electron chi connectivity index (χ2n) is 5.84. The van der Waals surface area contributed by atoms with Gasteiger partial charge in [-0.3, -0.25) is 0 Å². The van der Waals surface area contributed by atoms with E-state index in [9.17, 15) is 13.2 Å². The van der Waals surface area contributed by atoms with Crippen molar-refractivity contribution >= 4 is 16.7 Å². The molecule has 0 bridgehead atoms. The Hall–Kier alpha value is -2.22. The fraction of sp³-hybridized carbons (Fsp3) is 0.471. The predicted molar refractivity (Wildman–Crippen MR) is 87.6 cm³/mol. The third-order valence-electron chi connectivity index (χ3n) is 4.26. The normalized spacial score (nSPS) is 18.5. The van der Waals surface area contributed by atoms with Crippen molar-refractivity contribution in [2.75, 3.05) is 38.8 Å². The van der Waals surface area contributed by atoms with E-state index in [2.05, 4.69) is 4.98 Å². The number of pyridine rings is 1. The summed E-state index contributed by atoms with van der Waals surface area (Å²) in [5.41, 5.74) is 1.41. The predicted octanol–water partition coefficient (Wildman–Crippen LogP) is 3.33. The Balaban J connectivity index is 2.06. The number of hydrogen-bond acceptors (Lipinski definition) is 5. The van der Waals surface area contributed by atoms with Crippen LogP contribution in [0.15, 0.2) is 18.2 Å². The highest BCUT2D eigenvalue weighted by atomic mass is 19.4. The molecule has 3 rings (SSSR count). The molecule has 8 heteroatoms. The molecule has 2 aromatic rings. The number of methoxy groups -OCH3 is 2. The Bertz CT molecular complexity index is 780. The molecular formula is C17H19F3N2O3. The first-order valence-electron chi connectivity index (χ1n) is 7.80. The van der Waals surface area contributed by atoms with Crippen LogP contribution in [-0.4, -0.2) is 51.2 Å². The number of nitrogens with zero attached hydrogens (tertiary/aromatic N) is 2. The summed E-state index contributed by atoms with van der Waals surface area (Å²) in [4.78, 5) is 6.14. The fourth-order valence-corrected chi connectivity index (χ4v) is 3.01. The van der Waals surface area contributed by atoms with Crippen LogP contribution in [0.3, 0.4) is 0 Å². The summed E-state index contributed by atoms with van der Waals surface area (Å²) >= 11 is 0. The van der Waals surface area contributed by atoms with Crippen LogP contribution in [0.2, 0.25) is 0 Å². The van der Waals surface area contributed by atoms with Crippen molar-refractivity contribution in [3.63, 3.8) is 0 Å². The molecule has 1 aliphatic rings. The molecule has 0 unspecified atom stereocenters. The molecule has 0 spiro atoms. The average molecular weight is 356 g/mol. The Labute approximate surface area is 143 Å². The van der Waals surface area contributed by atoms with Gasteiger partial charge < -0.3 is 19.1 Å². The molecule has 136 valence electrons. The van der Waals surface area contributed by atoms with Gasteiger partial charge in [0.25, 0.3) is 0 Å². The molecule has 2 heterocycles. The van der Waals surface area contributed by atoms with Crippen LogP contribution in [0.5, 0.6) is 11.5 Å². The number of anilines is 1. The number of alkyl halides is 3. The van der Waals surface area contributed by atoms with E-state index in [1.807, 2.05) is 6.92 Å². The number of hydrogen-bond donors (Lipinski definition) is 0. The van der Waals surface area contributed by atoms with Crippen molar-refractivity contribution in [1.82, 2.24) is 4.98 Å². The molecule has 1 aliphatic heterocycles. The van der Waals surface area contributed by atoms with Crippen molar-refractivity contribution in [3.8, 4) is 11.5 Å². The zero-order valence-electron chi connectivity index (χ0n) is 14.2. The summed E-state index contributed by atoms with van der Waals surface area (Å²) in [6, 6.07) is 5.28. The fourth-order valence-electron chi connectivity index (χ4n) is 3.01. The van der Waals surface area contributed by atoms with Crippen LogP contribution < -0.4 is 14.4 Å². The van der Waals surface area contributed by atoms with E-state index in [4.69, 9.17) is 14.2 Å². The van der Waals surface area contributed by atoms with Gasteiger partial charge in [-0.05, 0) is 30.7 Å². The van der Waals surface area contributed by atoms with Crippen LogP contribution in [0.4, 0.5) is 19.0 Å². The first-order valence-corrected chi connectivity index (χ1v) is 7.80. The molecule has 1 fully saturated rings. The smallest absolute Gasteiger partial charge is 0.416 e. The van der Waals surface area contributed by atoms with Gasteiger partial charge in [0.05, 0.1) is 27.4 Å². The zero-order chi connectivity index (χ0) is 18.2. The monoisotopic (exact) mass is 356 g/mol. The maximum absolute atomic E-state index is 13.0. The van der Waals surface area contributed by atoms with Gasteiger partial charge in [0.1, 0.15) is 22.8 Å². The molecule has 0 aliphatic carbocycles. The summed E-state index contributed by atoms with van der Waals surface area (Å²) in [6.45, 7) is 1.93. The Morgan fingerprint density at radius 2 is 1.88 bits per heavy atom. The number of morpholine rings is 1. The van der Waals surface area contributed by atoms with E-state index in [1.165, 1.54) is 7.11 Å². The van der Waals surface area contributed by atoms with E-state index < -0.39 is 12.3 Å². The van der Waals surface area contributed by atoms with Crippen molar-refractivity contribution in [3.05, 3.63) is 23.8 Å². The number of aromatic nitrogens is 1. The Morgan fingerprint density at radius 3 is 2.52 bits per heavy atom. The number of ether oxygens (including phenoxy) is 3. The lowest BCUT2D eigenvalue weighted by Gasteiger charge is -2.34. The van der Waals surface area contributed by atoms with Crippen LogP contribution in [0.1, 0.15) is 5.56 Å². The highest BCUT2D eigenvalue weighted by Crippen LogP contribution is 2.36. The summed E-state index contributed by atoms with van der Waals surface area (Å²) < 4.78 is 54.5. The largest absolute Gasteiger partial charge is 0.496 e. The topological polar surface area (TPSA) is 43.8 Å². The van der Waals surface area contributed by atoms with Gasteiger partial charge in [0.2, 0.25) is 0 Å². The van der Waals surface area contributed by atoms with Gasteiger partial charge >= 0.3 is 6.18 Å². The van der Waals surface area contributed by atoms with Crippen molar-refractivity contribution in [2.45, 2.75) is 19.2 Å². The van der Waals surface area contributed by atoms with Crippen molar-refractivity contribution in [2.24, 2.45) is 0 Å². The third-order valence-corrected chi connectivity index (χ3v) is 4.26. The summed E-state index contributed by atoms with van der Waals surface area (Å²) in [7, 11) is 3.09. The van der Waals surface area contributed by atoms with Crippen LogP contribution >= 0.6 is 0 Å². The van der Waals surface area contributed by atoms with E-state index in [-0.39, 0.29) is 13.2 Å². The first-order chi connectivity index (χ1) is 11.8. The molecule has 1 saturated heterocycles. The van der Waals surface area contributed by atoms with Crippen LogP contribution in [-0.2, 0) is 4.74 Å². The number of rotatable bonds is 3. The molecule has 0 N–H and O–H groups in total. The van der Waals surface area contributed by atoms with Crippen molar-refractivity contribution < 1.29 is 27.4 Å². The minimum Gasteiger partial charge on any atom is -0.496 e. The van der Waals surface area contributed by atoms with Gasteiger partial charge in [0, 0.05) is 11.9 Å². The quantitative estimate of drug-likeness (QED) is 0.844.